The third-order valence-corrected chi connectivity index (χ3v) is 2.82. The van der Waals surface area contributed by atoms with Gasteiger partial charge in [-0.15, -0.1) is 0 Å². The van der Waals surface area contributed by atoms with Crippen LogP contribution >= 0.6 is 0 Å². The van der Waals surface area contributed by atoms with Crippen molar-refractivity contribution in [3.8, 4) is 0 Å². The normalized spacial score (nSPS) is 12.4. The van der Waals surface area contributed by atoms with Crippen LogP contribution < -0.4 is 0 Å². The molecule has 2 nitrogen and oxygen atoms in total. The van der Waals surface area contributed by atoms with E-state index in [9.17, 15) is 5.11 Å². The summed E-state index contributed by atoms with van der Waals surface area (Å²) in [6.45, 7) is 2.08. The molecular formula is C15H17NO. The predicted molar refractivity (Wildman–Crippen MR) is 68.7 cm³/mol. The van der Waals surface area contributed by atoms with Crippen molar-refractivity contribution in [2.75, 3.05) is 0 Å². The van der Waals surface area contributed by atoms with Crippen molar-refractivity contribution < 1.29 is 5.11 Å². The molecule has 2 aromatic rings. The van der Waals surface area contributed by atoms with Crippen LogP contribution in [-0.2, 0) is 6.42 Å². The van der Waals surface area contributed by atoms with Gasteiger partial charge in [-0.2, -0.15) is 0 Å². The molecule has 0 aliphatic heterocycles. The number of aliphatic hydroxyl groups excluding tert-OH is 1. The summed E-state index contributed by atoms with van der Waals surface area (Å²) in [5.74, 6) is 0. The molecule has 0 spiro atoms. The highest BCUT2D eigenvalue weighted by molar-refractivity contribution is 5.22. The molecule has 88 valence electrons. The molecule has 0 saturated heterocycles. The van der Waals surface area contributed by atoms with Gasteiger partial charge in [0.1, 0.15) is 0 Å². The lowest BCUT2D eigenvalue weighted by Crippen LogP contribution is -2.01. The third-order valence-electron chi connectivity index (χ3n) is 2.82. The number of aliphatic hydroxyl groups is 1. The van der Waals surface area contributed by atoms with Crippen LogP contribution in [0.2, 0.25) is 0 Å². The first kappa shape index (κ1) is 11.8. The number of nitrogens with zero attached hydrogens (tertiary/aromatic N) is 1. The minimum absolute atomic E-state index is 0.475. The van der Waals surface area contributed by atoms with Crippen molar-refractivity contribution >= 4 is 0 Å². The Morgan fingerprint density at radius 3 is 2.76 bits per heavy atom. The van der Waals surface area contributed by atoms with Gasteiger partial charge in [0, 0.05) is 6.20 Å². The van der Waals surface area contributed by atoms with Crippen molar-refractivity contribution in [3.05, 3.63) is 65.5 Å². The molecule has 0 radical (unpaired) electrons. The molecule has 1 unspecified atom stereocenters. The number of hydrogen-bond donors (Lipinski definition) is 1. The van der Waals surface area contributed by atoms with E-state index in [4.69, 9.17) is 0 Å². The van der Waals surface area contributed by atoms with Crippen LogP contribution in [-0.4, -0.2) is 10.1 Å². The number of pyridine rings is 1. The first-order valence-corrected chi connectivity index (χ1v) is 5.90. The fourth-order valence-electron chi connectivity index (χ4n) is 1.89. The summed E-state index contributed by atoms with van der Waals surface area (Å²) >= 11 is 0. The highest BCUT2D eigenvalue weighted by Crippen LogP contribution is 2.17. The van der Waals surface area contributed by atoms with E-state index in [1.54, 1.807) is 6.20 Å². The Morgan fingerprint density at radius 2 is 2.06 bits per heavy atom. The number of hydrogen-bond acceptors (Lipinski definition) is 2. The van der Waals surface area contributed by atoms with Crippen molar-refractivity contribution in [2.24, 2.45) is 0 Å². The predicted octanol–water partition coefficient (Wildman–Crippen LogP) is 3.06. The van der Waals surface area contributed by atoms with Crippen molar-refractivity contribution in [1.82, 2.24) is 4.98 Å². The quantitative estimate of drug-likeness (QED) is 0.870. The Morgan fingerprint density at radius 1 is 1.18 bits per heavy atom. The smallest absolute Gasteiger partial charge is 0.0962 e. The summed E-state index contributed by atoms with van der Waals surface area (Å²) in [5.41, 5.74) is 3.27. The van der Waals surface area contributed by atoms with E-state index in [-0.39, 0.29) is 0 Å². The van der Waals surface area contributed by atoms with E-state index in [1.807, 2.05) is 18.2 Å². The van der Waals surface area contributed by atoms with E-state index in [0.29, 0.717) is 6.42 Å². The third kappa shape index (κ3) is 3.40. The fraction of sp³-hybridized carbons (Fsp3) is 0.267. The Bertz CT molecular complexity index is 467. The summed E-state index contributed by atoms with van der Waals surface area (Å²) in [6, 6.07) is 14.0. The number of rotatable bonds is 4. The summed E-state index contributed by atoms with van der Waals surface area (Å²) in [5, 5.41) is 9.99. The molecule has 1 atom stereocenters. The Labute approximate surface area is 102 Å². The van der Waals surface area contributed by atoms with Gasteiger partial charge in [0.15, 0.2) is 0 Å². The minimum Gasteiger partial charge on any atom is -0.387 e. The number of benzene rings is 1. The zero-order chi connectivity index (χ0) is 12.1. The highest BCUT2D eigenvalue weighted by Gasteiger charge is 2.08. The van der Waals surface area contributed by atoms with Crippen LogP contribution in [0.5, 0.6) is 0 Å². The van der Waals surface area contributed by atoms with Crippen LogP contribution in [0.15, 0.2) is 48.7 Å². The SMILES string of the molecule is Cc1cccc(CCC(O)c2ccccn2)c1. The van der Waals surface area contributed by atoms with E-state index in [1.165, 1.54) is 11.1 Å². The zero-order valence-electron chi connectivity index (χ0n) is 10.0. The van der Waals surface area contributed by atoms with Gasteiger partial charge in [-0.05, 0) is 37.5 Å². The van der Waals surface area contributed by atoms with Crippen molar-refractivity contribution in [3.63, 3.8) is 0 Å². The average Bonchev–Trinajstić information content (AvgIpc) is 2.37. The summed E-state index contributed by atoms with van der Waals surface area (Å²) in [4.78, 5) is 4.16. The maximum Gasteiger partial charge on any atom is 0.0962 e. The van der Waals surface area contributed by atoms with E-state index < -0.39 is 6.10 Å². The van der Waals surface area contributed by atoms with Crippen molar-refractivity contribution in [1.29, 1.82) is 0 Å². The van der Waals surface area contributed by atoms with E-state index in [2.05, 4.69) is 36.2 Å². The van der Waals surface area contributed by atoms with Gasteiger partial charge in [0.05, 0.1) is 11.8 Å². The van der Waals surface area contributed by atoms with Crippen molar-refractivity contribution in [2.45, 2.75) is 25.9 Å². The summed E-state index contributed by atoms with van der Waals surface area (Å²) < 4.78 is 0. The molecule has 0 amide bonds. The first-order valence-electron chi connectivity index (χ1n) is 5.90. The summed E-state index contributed by atoms with van der Waals surface area (Å²) in [7, 11) is 0. The highest BCUT2D eigenvalue weighted by atomic mass is 16.3. The average molecular weight is 227 g/mol. The second-order valence-corrected chi connectivity index (χ2v) is 4.30. The minimum atomic E-state index is -0.475. The molecule has 0 saturated carbocycles. The molecule has 0 bridgehead atoms. The Hall–Kier alpha value is -1.67. The van der Waals surface area contributed by atoms with E-state index in [0.717, 1.165) is 12.1 Å². The molecule has 0 aliphatic carbocycles. The Balaban J connectivity index is 1.95. The van der Waals surface area contributed by atoms with Gasteiger partial charge >= 0.3 is 0 Å². The lowest BCUT2D eigenvalue weighted by Gasteiger charge is -2.09. The van der Waals surface area contributed by atoms with Crippen LogP contribution in [0.4, 0.5) is 0 Å². The topological polar surface area (TPSA) is 33.1 Å². The molecule has 2 rings (SSSR count). The first-order chi connectivity index (χ1) is 8.25. The largest absolute Gasteiger partial charge is 0.387 e. The van der Waals surface area contributed by atoms with Gasteiger partial charge in [-0.3, -0.25) is 4.98 Å². The molecule has 1 heterocycles. The number of aryl methyl sites for hydroxylation is 2. The molecule has 1 aromatic heterocycles. The lowest BCUT2D eigenvalue weighted by atomic mass is 10.0. The summed E-state index contributed by atoms with van der Waals surface area (Å²) in [6.07, 6.45) is 2.82. The van der Waals surface area contributed by atoms with Crippen LogP contribution in [0.1, 0.15) is 29.3 Å². The molecule has 17 heavy (non-hydrogen) atoms. The molecule has 2 heteroatoms. The standard InChI is InChI=1S/C15H17NO/c1-12-5-4-6-13(11-12)8-9-15(17)14-7-2-3-10-16-14/h2-7,10-11,15,17H,8-9H2,1H3. The van der Waals surface area contributed by atoms with Gasteiger partial charge in [0.2, 0.25) is 0 Å². The number of aromatic nitrogens is 1. The van der Waals surface area contributed by atoms with E-state index >= 15 is 0 Å². The van der Waals surface area contributed by atoms with Gasteiger partial charge in [-0.25, -0.2) is 0 Å². The van der Waals surface area contributed by atoms with Crippen LogP contribution in [0.3, 0.4) is 0 Å². The monoisotopic (exact) mass is 227 g/mol. The molecular weight excluding hydrogens is 210 g/mol. The maximum atomic E-state index is 9.99. The van der Waals surface area contributed by atoms with Crippen LogP contribution in [0.25, 0.3) is 0 Å². The lowest BCUT2D eigenvalue weighted by molar-refractivity contribution is 0.163. The molecule has 0 fully saturated rings. The maximum absolute atomic E-state index is 9.99. The fourth-order valence-corrected chi connectivity index (χ4v) is 1.89. The second-order valence-electron chi connectivity index (χ2n) is 4.30. The van der Waals surface area contributed by atoms with Gasteiger partial charge in [-0.1, -0.05) is 35.9 Å². The molecule has 1 N–H and O–H groups in total. The molecule has 1 aromatic carbocycles. The van der Waals surface area contributed by atoms with Crippen LogP contribution in [0, 0.1) is 6.92 Å². The van der Waals surface area contributed by atoms with Gasteiger partial charge in [0.25, 0.3) is 0 Å². The zero-order valence-corrected chi connectivity index (χ0v) is 10.0. The van der Waals surface area contributed by atoms with Gasteiger partial charge < -0.3 is 5.11 Å². The Kier molecular flexibility index (Phi) is 3.89. The second kappa shape index (κ2) is 5.60. The molecule has 0 aliphatic rings.